The Morgan fingerprint density at radius 3 is 2.33 bits per heavy atom. The minimum Gasteiger partial charge on any atom is -0.463 e. The predicted molar refractivity (Wildman–Crippen MR) is 78.8 cm³/mol. The lowest BCUT2D eigenvalue weighted by atomic mass is 9.82. The van der Waals surface area contributed by atoms with Gasteiger partial charge in [0.05, 0.1) is 0 Å². The van der Waals surface area contributed by atoms with Crippen molar-refractivity contribution in [2.75, 3.05) is 0 Å². The summed E-state index contributed by atoms with van der Waals surface area (Å²) in [5.74, 6) is -0.651. The number of halogens is 3. The molecule has 0 spiro atoms. The number of benzene rings is 1. The Kier molecular flexibility index (Phi) is 5.42. The van der Waals surface area contributed by atoms with Crippen LogP contribution in [0.2, 0.25) is 0 Å². The van der Waals surface area contributed by atoms with Gasteiger partial charge in [-0.1, -0.05) is 12.1 Å². The summed E-state index contributed by atoms with van der Waals surface area (Å²) in [7, 11) is -5.67. The van der Waals surface area contributed by atoms with Gasteiger partial charge in [0, 0.05) is 6.92 Å². The van der Waals surface area contributed by atoms with Gasteiger partial charge in [-0.3, -0.25) is 4.79 Å². The SMILES string of the molecule is CC(=O)OC1CCCC(c2ccc(OS(=O)(=O)C(F)(F)F)cc2)C1. The van der Waals surface area contributed by atoms with E-state index in [1.54, 1.807) is 0 Å². The molecule has 2 rings (SSSR count). The third-order valence-corrected chi connectivity index (χ3v) is 4.78. The van der Waals surface area contributed by atoms with Gasteiger partial charge in [-0.2, -0.15) is 21.6 Å². The number of esters is 1. The first kappa shape index (κ1) is 18.6. The summed E-state index contributed by atoms with van der Waals surface area (Å²) < 4.78 is 68.0. The second-order valence-electron chi connectivity index (χ2n) is 5.65. The van der Waals surface area contributed by atoms with Crippen molar-refractivity contribution >= 4 is 16.1 Å². The number of ether oxygens (including phenoxy) is 1. The third kappa shape index (κ3) is 4.62. The Morgan fingerprint density at radius 1 is 1.17 bits per heavy atom. The zero-order chi connectivity index (χ0) is 18.0. The smallest absolute Gasteiger partial charge is 0.463 e. The van der Waals surface area contributed by atoms with E-state index in [0.717, 1.165) is 24.8 Å². The van der Waals surface area contributed by atoms with Crippen molar-refractivity contribution in [1.82, 2.24) is 0 Å². The van der Waals surface area contributed by atoms with E-state index < -0.39 is 21.4 Å². The summed E-state index contributed by atoms with van der Waals surface area (Å²) in [6.07, 6.45) is 2.95. The van der Waals surface area contributed by atoms with Crippen LogP contribution in [0.25, 0.3) is 0 Å². The minimum atomic E-state index is -5.67. The van der Waals surface area contributed by atoms with Crippen molar-refractivity contribution in [3.8, 4) is 5.75 Å². The first-order valence-electron chi connectivity index (χ1n) is 7.36. The van der Waals surface area contributed by atoms with Crippen LogP contribution in [0.1, 0.15) is 44.1 Å². The molecular formula is C15H17F3O5S. The van der Waals surface area contributed by atoms with Gasteiger partial charge in [0.15, 0.2) is 0 Å². The molecule has 1 fully saturated rings. The van der Waals surface area contributed by atoms with Gasteiger partial charge < -0.3 is 8.92 Å². The molecular weight excluding hydrogens is 349 g/mol. The van der Waals surface area contributed by atoms with Crippen LogP contribution in [0, 0.1) is 0 Å². The molecule has 0 saturated heterocycles. The highest BCUT2D eigenvalue weighted by Crippen LogP contribution is 2.35. The van der Waals surface area contributed by atoms with E-state index in [4.69, 9.17) is 4.74 Å². The van der Waals surface area contributed by atoms with Gasteiger partial charge in [-0.05, 0) is 49.3 Å². The Morgan fingerprint density at radius 2 is 1.79 bits per heavy atom. The third-order valence-electron chi connectivity index (χ3n) is 3.80. The predicted octanol–water partition coefficient (Wildman–Crippen LogP) is 3.50. The zero-order valence-corrected chi connectivity index (χ0v) is 13.7. The van der Waals surface area contributed by atoms with Crippen LogP contribution < -0.4 is 4.18 Å². The maximum absolute atomic E-state index is 12.3. The molecule has 0 N–H and O–H groups in total. The van der Waals surface area contributed by atoms with E-state index >= 15 is 0 Å². The standard InChI is InChI=1S/C15H17F3O5S/c1-10(19)22-14-4-2-3-12(9-14)11-5-7-13(8-6-11)23-24(20,21)15(16,17)18/h5-8,12,14H,2-4,9H2,1H3. The van der Waals surface area contributed by atoms with E-state index in [1.807, 2.05) is 0 Å². The van der Waals surface area contributed by atoms with Crippen LogP contribution in [0.15, 0.2) is 24.3 Å². The normalized spacial score (nSPS) is 22.0. The maximum Gasteiger partial charge on any atom is 0.534 e. The van der Waals surface area contributed by atoms with E-state index in [-0.39, 0.29) is 18.0 Å². The van der Waals surface area contributed by atoms with Crippen LogP contribution in [0.5, 0.6) is 5.75 Å². The summed E-state index contributed by atoms with van der Waals surface area (Å²) in [6, 6.07) is 5.44. The molecule has 1 aromatic carbocycles. The van der Waals surface area contributed by atoms with Gasteiger partial charge in [0.2, 0.25) is 0 Å². The Balaban J connectivity index is 2.05. The van der Waals surface area contributed by atoms with Gasteiger partial charge in [0.1, 0.15) is 11.9 Å². The number of hydrogen-bond donors (Lipinski definition) is 0. The highest BCUT2D eigenvalue weighted by atomic mass is 32.2. The summed E-state index contributed by atoms with van der Waals surface area (Å²) in [5.41, 5.74) is -4.63. The zero-order valence-electron chi connectivity index (χ0n) is 12.9. The molecule has 1 aliphatic rings. The largest absolute Gasteiger partial charge is 0.534 e. The fourth-order valence-corrected chi connectivity index (χ4v) is 3.22. The van der Waals surface area contributed by atoms with Crippen molar-refractivity contribution < 1.29 is 35.3 Å². The van der Waals surface area contributed by atoms with E-state index in [9.17, 15) is 26.4 Å². The molecule has 24 heavy (non-hydrogen) atoms. The van der Waals surface area contributed by atoms with Gasteiger partial charge in [0.25, 0.3) is 0 Å². The summed E-state index contributed by atoms with van der Waals surface area (Å²) >= 11 is 0. The number of carbonyl (C=O) groups excluding carboxylic acids is 1. The average molecular weight is 366 g/mol. The van der Waals surface area contributed by atoms with Crippen LogP contribution in [0.4, 0.5) is 13.2 Å². The fraction of sp³-hybridized carbons (Fsp3) is 0.533. The van der Waals surface area contributed by atoms with Crippen LogP contribution >= 0.6 is 0 Å². The Bertz CT molecular complexity index is 682. The molecule has 0 amide bonds. The van der Waals surface area contributed by atoms with E-state index in [1.165, 1.54) is 31.2 Å². The first-order chi connectivity index (χ1) is 11.1. The monoisotopic (exact) mass is 366 g/mol. The van der Waals surface area contributed by atoms with Gasteiger partial charge >= 0.3 is 21.6 Å². The molecule has 5 nitrogen and oxygen atoms in total. The van der Waals surface area contributed by atoms with Crippen LogP contribution in [-0.2, 0) is 19.6 Å². The first-order valence-corrected chi connectivity index (χ1v) is 8.77. The highest BCUT2D eigenvalue weighted by molar-refractivity contribution is 7.87. The molecule has 0 radical (unpaired) electrons. The molecule has 0 bridgehead atoms. The van der Waals surface area contributed by atoms with Gasteiger partial charge in [-0.25, -0.2) is 0 Å². The maximum atomic E-state index is 12.3. The number of alkyl halides is 3. The number of rotatable bonds is 4. The lowest BCUT2D eigenvalue weighted by Gasteiger charge is -2.29. The fourth-order valence-electron chi connectivity index (χ4n) is 2.76. The molecule has 134 valence electrons. The molecule has 2 unspecified atom stereocenters. The molecule has 1 aliphatic carbocycles. The summed E-state index contributed by atoms with van der Waals surface area (Å²) in [5, 5.41) is 0. The lowest BCUT2D eigenvalue weighted by molar-refractivity contribution is -0.147. The van der Waals surface area contributed by atoms with Crippen molar-refractivity contribution in [3.05, 3.63) is 29.8 Å². The molecule has 9 heteroatoms. The highest BCUT2D eigenvalue weighted by Gasteiger charge is 2.48. The summed E-state index contributed by atoms with van der Waals surface area (Å²) in [4.78, 5) is 11.0. The Labute approximate surface area is 137 Å². The van der Waals surface area contributed by atoms with Crippen LogP contribution in [-0.4, -0.2) is 26.0 Å². The second kappa shape index (κ2) is 7.00. The van der Waals surface area contributed by atoms with Crippen LogP contribution in [0.3, 0.4) is 0 Å². The molecule has 1 aromatic rings. The topological polar surface area (TPSA) is 69.7 Å². The lowest BCUT2D eigenvalue weighted by Crippen LogP contribution is -2.28. The molecule has 1 saturated carbocycles. The van der Waals surface area contributed by atoms with Crippen molar-refractivity contribution in [1.29, 1.82) is 0 Å². The van der Waals surface area contributed by atoms with Crippen molar-refractivity contribution in [2.24, 2.45) is 0 Å². The molecule has 0 aliphatic heterocycles. The number of carbonyl (C=O) groups is 1. The Hall–Kier alpha value is -1.77. The molecule has 0 heterocycles. The number of hydrogen-bond acceptors (Lipinski definition) is 5. The molecule has 2 atom stereocenters. The summed E-state index contributed by atoms with van der Waals surface area (Å²) in [6.45, 7) is 1.34. The van der Waals surface area contributed by atoms with Crippen molar-refractivity contribution in [2.45, 2.75) is 50.1 Å². The van der Waals surface area contributed by atoms with E-state index in [2.05, 4.69) is 4.18 Å². The molecule has 0 aromatic heterocycles. The van der Waals surface area contributed by atoms with Gasteiger partial charge in [-0.15, -0.1) is 0 Å². The van der Waals surface area contributed by atoms with E-state index in [0.29, 0.717) is 6.42 Å². The second-order valence-corrected chi connectivity index (χ2v) is 7.19. The average Bonchev–Trinajstić information content (AvgIpc) is 2.46. The van der Waals surface area contributed by atoms with Crippen molar-refractivity contribution in [3.63, 3.8) is 0 Å². The minimum absolute atomic E-state index is 0.0939. The quantitative estimate of drug-likeness (QED) is 0.463.